The van der Waals surface area contributed by atoms with Crippen molar-refractivity contribution in [1.29, 1.82) is 0 Å². The van der Waals surface area contributed by atoms with Crippen LogP contribution in [0, 0.1) is 0 Å². The summed E-state index contributed by atoms with van der Waals surface area (Å²) in [5.74, 6) is -1.11. The van der Waals surface area contributed by atoms with Crippen molar-refractivity contribution >= 4 is 52.6 Å². The molecule has 18 nitrogen and oxygen atoms in total. The van der Waals surface area contributed by atoms with Crippen molar-refractivity contribution in [2.75, 3.05) is 35.7 Å². The summed E-state index contributed by atoms with van der Waals surface area (Å²) in [5.41, 5.74) is 4.71. The second-order valence-electron chi connectivity index (χ2n) is 16.3. The van der Waals surface area contributed by atoms with E-state index in [9.17, 15) is 39.6 Å². The first-order chi connectivity index (χ1) is 31.4. The molecule has 4 amide bonds. The SMILES string of the molecule is Cn1cc(NC(=O)CCCOc2cc3c(cc2O[C@@H]2O[C@H](CO)[C@@H](O)[C@H](O)[C@H]2O)C(=O)N2CCCCC2C=N3)cc1C(=O)Nc1ccc(-c2cc(C(=O)Nc3ccccc3)n(C)c2)cc1. The van der Waals surface area contributed by atoms with Crippen LogP contribution >= 0.6 is 0 Å². The Kier molecular flexibility index (Phi) is 13.4. The van der Waals surface area contributed by atoms with Crippen LogP contribution < -0.4 is 25.4 Å². The van der Waals surface area contributed by atoms with Crippen molar-refractivity contribution in [2.45, 2.75) is 68.9 Å². The normalized spacial score (nSPS) is 21.4. The van der Waals surface area contributed by atoms with E-state index in [2.05, 4.69) is 20.9 Å². The van der Waals surface area contributed by atoms with Gasteiger partial charge in [0.25, 0.3) is 17.7 Å². The number of aliphatic imine (C=N–C) groups is 1. The second-order valence-corrected chi connectivity index (χ2v) is 16.3. The van der Waals surface area contributed by atoms with Gasteiger partial charge in [-0.25, -0.2) is 0 Å². The van der Waals surface area contributed by atoms with E-state index in [0.717, 1.165) is 30.4 Å². The fraction of sp³-hybridized carbons (Fsp3) is 0.340. The standard InChI is InChI=1S/C47H51N7O11/c1-52-24-28(19-35(52)44(60)50-29-9-4-3-5-10-29)27-13-15-30(16-14-27)51-45(61)36-20-31(25-53(36)2)49-40(56)12-8-18-63-37-22-34-33(46(62)54-17-7-6-11-32(54)23-48-34)21-38(37)64-47-43(59)42(58)41(57)39(26-55)65-47/h3-5,9-10,13-16,19-25,32,39,41-43,47,55,57-59H,6-8,11-12,17-18,26H2,1-2H3,(H,49,56)(H,50,60)(H,51,61)/t32?,39-,41-,42+,43-,47-/m1/s1. The van der Waals surface area contributed by atoms with E-state index < -0.39 is 43.2 Å². The lowest BCUT2D eigenvalue weighted by molar-refractivity contribution is -0.277. The lowest BCUT2D eigenvalue weighted by Crippen LogP contribution is -2.60. The third kappa shape index (κ3) is 9.96. The highest BCUT2D eigenvalue weighted by Crippen LogP contribution is 2.40. The lowest BCUT2D eigenvalue weighted by atomic mass is 9.99. The molecule has 5 heterocycles. The zero-order valence-corrected chi connectivity index (χ0v) is 35.8. The summed E-state index contributed by atoms with van der Waals surface area (Å²) < 4.78 is 21.0. The summed E-state index contributed by atoms with van der Waals surface area (Å²) in [6.45, 7) is -0.0879. The van der Waals surface area contributed by atoms with Gasteiger partial charge in [0, 0.05) is 68.7 Å². The van der Waals surface area contributed by atoms with Crippen molar-refractivity contribution in [3.8, 4) is 22.6 Å². The van der Waals surface area contributed by atoms with Crippen molar-refractivity contribution in [3.63, 3.8) is 0 Å². The van der Waals surface area contributed by atoms with Crippen LogP contribution in [0.5, 0.6) is 11.5 Å². The molecule has 340 valence electrons. The van der Waals surface area contributed by atoms with E-state index in [-0.39, 0.29) is 60.3 Å². The van der Waals surface area contributed by atoms with Gasteiger partial charge < -0.3 is 64.6 Å². The first-order valence-electron chi connectivity index (χ1n) is 21.4. The van der Waals surface area contributed by atoms with Gasteiger partial charge in [0.1, 0.15) is 35.8 Å². The Morgan fingerprint density at radius 2 is 1.49 bits per heavy atom. The molecular formula is C47H51N7O11. The zero-order valence-electron chi connectivity index (χ0n) is 35.8. The number of benzene rings is 3. The van der Waals surface area contributed by atoms with Crippen LogP contribution in [0.15, 0.2) is 96.2 Å². The maximum absolute atomic E-state index is 13.7. The Morgan fingerprint density at radius 3 is 2.23 bits per heavy atom. The number of ether oxygens (including phenoxy) is 3. The number of para-hydroxylation sites is 1. The van der Waals surface area contributed by atoms with Crippen LogP contribution in [0.2, 0.25) is 0 Å². The number of nitrogens with zero attached hydrogens (tertiary/aromatic N) is 4. The average molecular weight is 890 g/mol. The van der Waals surface area contributed by atoms with Crippen LogP contribution in [0.25, 0.3) is 11.1 Å². The molecule has 2 saturated heterocycles. The minimum Gasteiger partial charge on any atom is -0.490 e. The van der Waals surface area contributed by atoms with Gasteiger partial charge in [-0.2, -0.15) is 0 Å². The number of aromatic nitrogens is 2. The molecule has 5 aromatic rings. The fourth-order valence-electron chi connectivity index (χ4n) is 8.11. The number of hydrogen-bond donors (Lipinski definition) is 7. The monoisotopic (exact) mass is 889 g/mol. The third-order valence-electron chi connectivity index (χ3n) is 11.7. The van der Waals surface area contributed by atoms with Gasteiger partial charge in [-0.05, 0) is 73.7 Å². The number of aliphatic hydroxyl groups excluding tert-OH is 4. The van der Waals surface area contributed by atoms with Crippen LogP contribution in [0.1, 0.15) is 63.4 Å². The smallest absolute Gasteiger partial charge is 0.272 e. The molecule has 65 heavy (non-hydrogen) atoms. The van der Waals surface area contributed by atoms with Gasteiger partial charge in [0.05, 0.1) is 36.2 Å². The predicted molar refractivity (Wildman–Crippen MR) is 240 cm³/mol. The lowest BCUT2D eigenvalue weighted by Gasteiger charge is -2.39. The van der Waals surface area contributed by atoms with E-state index in [1.165, 1.54) is 12.1 Å². The molecule has 2 fully saturated rings. The Hall–Kier alpha value is -6.83. The highest BCUT2D eigenvalue weighted by Gasteiger charge is 2.45. The topological polar surface area (TPSA) is 238 Å². The molecular weight excluding hydrogens is 839 g/mol. The highest BCUT2D eigenvalue weighted by molar-refractivity contribution is 6.06. The largest absolute Gasteiger partial charge is 0.490 e. The van der Waals surface area contributed by atoms with Gasteiger partial charge in [-0.1, -0.05) is 30.3 Å². The summed E-state index contributed by atoms with van der Waals surface area (Å²) in [7, 11) is 3.49. The van der Waals surface area contributed by atoms with Crippen molar-refractivity contribution < 1.29 is 53.8 Å². The number of anilines is 3. The number of carbonyl (C=O) groups is 4. The highest BCUT2D eigenvalue weighted by atomic mass is 16.7. The van der Waals surface area contributed by atoms with Crippen molar-refractivity contribution in [2.24, 2.45) is 19.1 Å². The van der Waals surface area contributed by atoms with Crippen molar-refractivity contribution in [1.82, 2.24) is 14.0 Å². The molecule has 0 aliphatic carbocycles. The van der Waals surface area contributed by atoms with Crippen LogP contribution in [-0.4, -0.2) is 121 Å². The van der Waals surface area contributed by atoms with Gasteiger partial charge >= 0.3 is 0 Å². The number of aliphatic hydroxyl groups is 4. The molecule has 2 aromatic heterocycles. The second kappa shape index (κ2) is 19.5. The zero-order chi connectivity index (χ0) is 45.8. The van der Waals surface area contributed by atoms with E-state index in [1.807, 2.05) is 48.7 Å². The summed E-state index contributed by atoms with van der Waals surface area (Å²) in [4.78, 5) is 59.4. The minimum atomic E-state index is -1.71. The van der Waals surface area contributed by atoms with Gasteiger partial charge in [-0.15, -0.1) is 0 Å². The van der Waals surface area contributed by atoms with Crippen LogP contribution in [-0.2, 0) is 23.6 Å². The molecule has 7 N–H and O–H groups in total. The fourth-order valence-corrected chi connectivity index (χ4v) is 8.11. The van der Waals surface area contributed by atoms with E-state index in [4.69, 9.17) is 14.2 Å². The van der Waals surface area contributed by atoms with Crippen LogP contribution in [0.4, 0.5) is 22.7 Å². The molecule has 0 saturated carbocycles. The molecule has 3 aromatic carbocycles. The summed E-state index contributed by atoms with van der Waals surface area (Å²) in [6.07, 6.45) is 0.303. The summed E-state index contributed by atoms with van der Waals surface area (Å²) in [6, 6.07) is 22.6. The molecule has 0 bridgehead atoms. The maximum atomic E-state index is 13.7. The van der Waals surface area contributed by atoms with E-state index in [0.29, 0.717) is 40.7 Å². The molecule has 6 atom stereocenters. The molecule has 3 aliphatic rings. The molecule has 8 rings (SSSR count). The van der Waals surface area contributed by atoms with Crippen LogP contribution in [0.3, 0.4) is 0 Å². The Bertz CT molecular complexity index is 2570. The molecule has 18 heteroatoms. The average Bonchev–Trinajstić information content (AvgIpc) is 3.85. The maximum Gasteiger partial charge on any atom is 0.272 e. The first-order valence-corrected chi connectivity index (χ1v) is 21.4. The Labute approximate surface area is 374 Å². The number of amides is 4. The number of aryl methyl sites for hydroxylation is 2. The first kappa shape index (κ1) is 44.8. The van der Waals surface area contributed by atoms with Crippen molar-refractivity contribution in [3.05, 3.63) is 108 Å². The quantitative estimate of drug-likeness (QED) is 0.0780. The summed E-state index contributed by atoms with van der Waals surface area (Å²) >= 11 is 0. The number of nitrogens with one attached hydrogen (secondary N) is 3. The number of rotatable bonds is 14. The number of piperidine rings is 1. The Morgan fingerprint density at radius 1 is 0.785 bits per heavy atom. The molecule has 3 aliphatic heterocycles. The molecule has 0 spiro atoms. The van der Waals surface area contributed by atoms with Gasteiger partial charge in [0.2, 0.25) is 12.2 Å². The van der Waals surface area contributed by atoms with E-state index in [1.54, 1.807) is 64.8 Å². The molecule has 1 unspecified atom stereocenters. The minimum absolute atomic E-state index is 0.0138. The third-order valence-corrected chi connectivity index (χ3v) is 11.7. The number of carbonyl (C=O) groups excluding carboxylic acids is 4. The Balaban J connectivity index is 0.870. The number of fused-ring (bicyclic) bond motifs is 2. The number of hydrogen-bond acceptors (Lipinski definition) is 12. The van der Waals surface area contributed by atoms with Gasteiger partial charge in [0.15, 0.2) is 11.5 Å². The van der Waals surface area contributed by atoms with Gasteiger partial charge in [-0.3, -0.25) is 24.2 Å². The van der Waals surface area contributed by atoms with E-state index >= 15 is 0 Å². The summed E-state index contributed by atoms with van der Waals surface area (Å²) in [5, 5.41) is 49.7. The predicted octanol–water partition coefficient (Wildman–Crippen LogP) is 4.22. The molecule has 0 radical (unpaired) electrons.